The van der Waals surface area contributed by atoms with Crippen LogP contribution in [0.1, 0.15) is 46.5 Å². The molecule has 0 aromatic carbocycles. The second-order valence-electron chi connectivity index (χ2n) is 4.96. The molecule has 2 rings (SSSR count). The van der Waals surface area contributed by atoms with Gasteiger partial charge in [-0.2, -0.15) is 0 Å². The van der Waals surface area contributed by atoms with Gasteiger partial charge >= 0.3 is 0 Å². The Morgan fingerprint density at radius 1 is 1.46 bits per heavy atom. The lowest BCUT2D eigenvalue weighted by Gasteiger charge is -2.29. The van der Waals surface area contributed by atoms with Crippen LogP contribution in [0.3, 0.4) is 0 Å². The quantitative estimate of drug-likeness (QED) is 0.712. The zero-order valence-electron chi connectivity index (χ0n) is 8.84. The van der Waals surface area contributed by atoms with E-state index in [0.717, 1.165) is 25.7 Å². The molecule has 0 saturated carbocycles. The summed E-state index contributed by atoms with van der Waals surface area (Å²) in [6.45, 7) is 6.51. The normalized spacial score (nSPS) is 49.2. The molecule has 76 valence electrons. The summed E-state index contributed by atoms with van der Waals surface area (Å²) >= 11 is 0. The summed E-state index contributed by atoms with van der Waals surface area (Å²) in [5.41, 5.74) is -0.195. The van der Waals surface area contributed by atoms with Gasteiger partial charge in [0.15, 0.2) is 0 Å². The number of hydrogen-bond donors (Lipinski definition) is 1. The summed E-state index contributed by atoms with van der Waals surface area (Å²) in [5, 5.41) is 9.96. The van der Waals surface area contributed by atoms with Crippen LogP contribution in [0.2, 0.25) is 0 Å². The molecule has 2 heteroatoms. The van der Waals surface area contributed by atoms with Gasteiger partial charge < -0.3 is 9.84 Å². The number of fused-ring (bicyclic) bond motifs is 2. The van der Waals surface area contributed by atoms with Gasteiger partial charge in [-0.1, -0.05) is 20.8 Å². The summed E-state index contributed by atoms with van der Waals surface area (Å²) in [6.07, 6.45) is 3.74. The maximum absolute atomic E-state index is 9.96. The lowest BCUT2D eigenvalue weighted by atomic mass is 9.74. The van der Waals surface area contributed by atoms with Crippen molar-refractivity contribution in [1.29, 1.82) is 0 Å². The summed E-state index contributed by atoms with van der Waals surface area (Å²) in [5.74, 6) is 0.526. The van der Waals surface area contributed by atoms with Gasteiger partial charge in [0, 0.05) is 6.42 Å². The third-order valence-electron chi connectivity index (χ3n) is 4.17. The lowest BCUT2D eigenvalue weighted by Crippen LogP contribution is -2.38. The molecular weight excluding hydrogens is 164 g/mol. The van der Waals surface area contributed by atoms with Crippen LogP contribution in [0.15, 0.2) is 0 Å². The Labute approximate surface area is 80.3 Å². The number of rotatable bonds is 2. The Morgan fingerprint density at radius 3 is 2.46 bits per heavy atom. The largest absolute Gasteiger partial charge is 0.390 e. The highest BCUT2D eigenvalue weighted by Crippen LogP contribution is 2.55. The van der Waals surface area contributed by atoms with Crippen molar-refractivity contribution in [1.82, 2.24) is 0 Å². The lowest BCUT2D eigenvalue weighted by molar-refractivity contribution is -0.0923. The van der Waals surface area contributed by atoms with E-state index in [1.54, 1.807) is 0 Å². The zero-order valence-corrected chi connectivity index (χ0v) is 8.84. The minimum absolute atomic E-state index is 0.00454. The minimum atomic E-state index is -0.228. The molecule has 0 spiro atoms. The van der Waals surface area contributed by atoms with Gasteiger partial charge in [0.2, 0.25) is 0 Å². The van der Waals surface area contributed by atoms with Crippen LogP contribution < -0.4 is 0 Å². The van der Waals surface area contributed by atoms with Crippen LogP contribution in [0, 0.1) is 5.92 Å². The molecule has 0 aromatic rings. The Balaban J connectivity index is 2.24. The average Bonchev–Trinajstić information content (AvgIpc) is 2.58. The van der Waals surface area contributed by atoms with Gasteiger partial charge in [-0.3, -0.25) is 0 Å². The van der Waals surface area contributed by atoms with Crippen molar-refractivity contribution in [3.63, 3.8) is 0 Å². The molecule has 0 unspecified atom stereocenters. The second-order valence-corrected chi connectivity index (χ2v) is 4.96. The first-order valence-electron chi connectivity index (χ1n) is 5.43. The molecule has 2 heterocycles. The van der Waals surface area contributed by atoms with Crippen molar-refractivity contribution in [3.8, 4) is 0 Å². The molecule has 2 fully saturated rings. The molecule has 0 radical (unpaired) electrons. The van der Waals surface area contributed by atoms with E-state index in [2.05, 4.69) is 20.8 Å². The minimum Gasteiger partial charge on any atom is -0.390 e. The van der Waals surface area contributed by atoms with Crippen LogP contribution in [-0.4, -0.2) is 22.4 Å². The fraction of sp³-hybridized carbons (Fsp3) is 1.00. The number of aliphatic hydroxyl groups is 1. The standard InChI is InChI=1S/C11H20O2/c1-4-10-5-6-11(13-10,8(2)3)7-9(10)12/h8-9,12H,4-7H2,1-3H3/t9-,10+,11-/m0/s1. The highest BCUT2D eigenvalue weighted by atomic mass is 16.6. The molecule has 13 heavy (non-hydrogen) atoms. The predicted molar refractivity (Wildman–Crippen MR) is 51.5 cm³/mol. The molecule has 2 aliphatic heterocycles. The Kier molecular flexibility index (Phi) is 1.97. The smallest absolute Gasteiger partial charge is 0.0947 e. The summed E-state index contributed by atoms with van der Waals surface area (Å²) < 4.78 is 6.12. The first-order valence-corrected chi connectivity index (χ1v) is 5.43. The van der Waals surface area contributed by atoms with Crippen LogP contribution >= 0.6 is 0 Å². The van der Waals surface area contributed by atoms with Crippen LogP contribution in [0.4, 0.5) is 0 Å². The molecule has 0 amide bonds. The van der Waals surface area contributed by atoms with Gasteiger partial charge in [-0.25, -0.2) is 0 Å². The van der Waals surface area contributed by atoms with Crippen LogP contribution in [-0.2, 0) is 4.74 Å². The van der Waals surface area contributed by atoms with E-state index in [0.29, 0.717) is 5.92 Å². The van der Waals surface area contributed by atoms with E-state index < -0.39 is 0 Å². The first kappa shape index (κ1) is 9.47. The van der Waals surface area contributed by atoms with Crippen molar-refractivity contribution in [3.05, 3.63) is 0 Å². The van der Waals surface area contributed by atoms with Crippen molar-refractivity contribution in [2.75, 3.05) is 0 Å². The van der Waals surface area contributed by atoms with Gasteiger partial charge in [-0.05, 0) is 25.2 Å². The van der Waals surface area contributed by atoms with E-state index in [-0.39, 0.29) is 17.3 Å². The third kappa shape index (κ3) is 1.08. The van der Waals surface area contributed by atoms with Crippen LogP contribution in [0.25, 0.3) is 0 Å². The van der Waals surface area contributed by atoms with Gasteiger partial charge in [0.1, 0.15) is 0 Å². The second kappa shape index (κ2) is 2.71. The number of hydrogen-bond acceptors (Lipinski definition) is 2. The molecule has 3 atom stereocenters. The Morgan fingerprint density at radius 2 is 2.15 bits per heavy atom. The van der Waals surface area contributed by atoms with Crippen molar-refractivity contribution < 1.29 is 9.84 Å². The molecule has 1 N–H and O–H groups in total. The van der Waals surface area contributed by atoms with Gasteiger partial charge in [0.05, 0.1) is 17.3 Å². The fourth-order valence-corrected chi connectivity index (χ4v) is 2.95. The van der Waals surface area contributed by atoms with E-state index in [1.807, 2.05) is 0 Å². The molecule has 2 bridgehead atoms. The SMILES string of the molecule is CC[C@@]12CC[C@@](C(C)C)(C[C@@H]1O)O2. The topological polar surface area (TPSA) is 29.5 Å². The molecular formula is C11H20O2. The van der Waals surface area contributed by atoms with Crippen LogP contribution in [0.5, 0.6) is 0 Å². The summed E-state index contributed by atoms with van der Waals surface area (Å²) in [4.78, 5) is 0. The Hall–Kier alpha value is -0.0800. The van der Waals surface area contributed by atoms with E-state index in [9.17, 15) is 5.11 Å². The highest BCUT2D eigenvalue weighted by molar-refractivity contribution is 5.10. The molecule has 2 nitrogen and oxygen atoms in total. The molecule has 0 aromatic heterocycles. The molecule has 2 aliphatic rings. The zero-order chi connectivity index (χ0) is 9.69. The predicted octanol–water partition coefficient (Wildman–Crippen LogP) is 2.11. The van der Waals surface area contributed by atoms with Crippen molar-refractivity contribution >= 4 is 0 Å². The van der Waals surface area contributed by atoms with Crippen molar-refractivity contribution in [2.45, 2.75) is 63.8 Å². The Bertz CT molecular complexity index is 214. The van der Waals surface area contributed by atoms with E-state index in [1.165, 1.54) is 0 Å². The fourth-order valence-electron chi connectivity index (χ4n) is 2.95. The molecule has 2 saturated heterocycles. The highest BCUT2D eigenvalue weighted by Gasteiger charge is 2.60. The van der Waals surface area contributed by atoms with Crippen molar-refractivity contribution in [2.24, 2.45) is 5.92 Å². The van der Waals surface area contributed by atoms with E-state index >= 15 is 0 Å². The monoisotopic (exact) mass is 184 g/mol. The number of ether oxygens (including phenoxy) is 1. The van der Waals surface area contributed by atoms with Gasteiger partial charge in [-0.15, -0.1) is 0 Å². The first-order chi connectivity index (χ1) is 6.05. The summed E-state index contributed by atoms with van der Waals surface area (Å²) in [6, 6.07) is 0. The maximum Gasteiger partial charge on any atom is 0.0947 e. The number of aliphatic hydroxyl groups excluding tert-OH is 1. The average molecular weight is 184 g/mol. The van der Waals surface area contributed by atoms with Gasteiger partial charge in [0.25, 0.3) is 0 Å². The third-order valence-corrected chi connectivity index (χ3v) is 4.17. The maximum atomic E-state index is 9.96. The summed E-state index contributed by atoms with van der Waals surface area (Å²) in [7, 11) is 0. The van der Waals surface area contributed by atoms with E-state index in [4.69, 9.17) is 4.74 Å². The molecule has 0 aliphatic carbocycles.